The minimum atomic E-state index is -0.977. The summed E-state index contributed by atoms with van der Waals surface area (Å²) in [4.78, 5) is 10.8. The maximum Gasteiger partial charge on any atom is 0.335 e. The predicted octanol–water partition coefficient (Wildman–Crippen LogP) is 1.35. The second kappa shape index (κ2) is 3.27. The van der Waals surface area contributed by atoms with Gasteiger partial charge in [0, 0.05) is 6.07 Å². The van der Waals surface area contributed by atoms with Crippen LogP contribution in [0.2, 0.25) is 0 Å². The molecule has 0 spiro atoms. The molecule has 2 aromatic rings. The number of nitrogens with zero attached hydrogens (tertiary/aromatic N) is 2. The lowest BCUT2D eigenvalue weighted by atomic mass is 10.2. The third-order valence-corrected chi connectivity index (χ3v) is 2.11. The Balaban J connectivity index is 2.76. The molecule has 0 amide bonds. The minimum absolute atomic E-state index is 0.194. The van der Waals surface area contributed by atoms with Gasteiger partial charge in [0.25, 0.3) is 0 Å². The number of ether oxygens (including phenoxy) is 1. The monoisotopic (exact) mass is 206 g/mol. The third kappa shape index (κ3) is 1.52. The number of fused-ring (bicyclic) bond motifs is 1. The molecule has 2 heterocycles. The summed E-state index contributed by atoms with van der Waals surface area (Å²) in [5.74, 6) is -0.562. The molecule has 5 heteroatoms. The van der Waals surface area contributed by atoms with Crippen LogP contribution in [0.15, 0.2) is 18.2 Å². The van der Waals surface area contributed by atoms with E-state index in [9.17, 15) is 4.79 Å². The number of aryl methyl sites for hydroxylation is 1. The number of methoxy groups -OCH3 is 1. The molecule has 0 aliphatic rings. The number of rotatable bonds is 2. The van der Waals surface area contributed by atoms with Crippen LogP contribution in [0.1, 0.15) is 16.1 Å². The number of carboxylic acid groups (broad SMARTS) is 1. The molecular weight excluding hydrogens is 196 g/mol. The Morgan fingerprint density at radius 3 is 2.80 bits per heavy atom. The van der Waals surface area contributed by atoms with Crippen molar-refractivity contribution in [2.45, 2.75) is 6.92 Å². The lowest BCUT2D eigenvalue weighted by Crippen LogP contribution is -2.02. The molecule has 0 saturated carbocycles. The normalized spacial score (nSPS) is 10.5. The molecule has 5 nitrogen and oxygen atoms in total. The number of carbonyl (C=O) groups is 1. The van der Waals surface area contributed by atoms with Crippen molar-refractivity contribution in [2.75, 3.05) is 7.11 Å². The predicted molar refractivity (Wildman–Crippen MR) is 53.4 cm³/mol. The standard InChI is InChI=1S/C10H10N2O3/c1-6-3-8-4-7(10(13)14)5-9(15-2)12(8)11-6/h3-5H,1-2H3,(H,13,14). The number of carboxylic acids is 1. The van der Waals surface area contributed by atoms with Crippen molar-refractivity contribution in [1.29, 1.82) is 0 Å². The fraction of sp³-hybridized carbons (Fsp3) is 0.200. The second-order valence-corrected chi connectivity index (χ2v) is 3.21. The van der Waals surface area contributed by atoms with Crippen LogP contribution in [0.5, 0.6) is 5.88 Å². The van der Waals surface area contributed by atoms with Crippen molar-refractivity contribution in [3.63, 3.8) is 0 Å². The van der Waals surface area contributed by atoms with E-state index in [1.165, 1.54) is 13.2 Å². The fourth-order valence-corrected chi connectivity index (χ4v) is 1.46. The summed E-state index contributed by atoms with van der Waals surface area (Å²) in [5, 5.41) is 13.1. The Kier molecular flexibility index (Phi) is 2.07. The van der Waals surface area contributed by atoms with Gasteiger partial charge in [-0.1, -0.05) is 0 Å². The van der Waals surface area contributed by atoms with Crippen LogP contribution in [-0.4, -0.2) is 27.8 Å². The van der Waals surface area contributed by atoms with E-state index >= 15 is 0 Å². The van der Waals surface area contributed by atoms with Gasteiger partial charge >= 0.3 is 5.97 Å². The molecule has 0 unspecified atom stereocenters. The van der Waals surface area contributed by atoms with E-state index in [0.29, 0.717) is 11.4 Å². The number of aromatic carboxylic acids is 1. The van der Waals surface area contributed by atoms with Crippen LogP contribution in [0.25, 0.3) is 5.52 Å². The van der Waals surface area contributed by atoms with Gasteiger partial charge in [-0.25, -0.2) is 9.31 Å². The Morgan fingerprint density at radius 1 is 1.47 bits per heavy atom. The molecule has 0 fully saturated rings. The Bertz CT molecular complexity index is 531. The van der Waals surface area contributed by atoms with Crippen molar-refractivity contribution in [3.8, 4) is 5.88 Å². The van der Waals surface area contributed by atoms with E-state index in [1.807, 2.05) is 6.92 Å². The van der Waals surface area contributed by atoms with E-state index in [4.69, 9.17) is 9.84 Å². The van der Waals surface area contributed by atoms with Crippen molar-refractivity contribution < 1.29 is 14.6 Å². The zero-order valence-corrected chi connectivity index (χ0v) is 8.39. The van der Waals surface area contributed by atoms with Gasteiger partial charge in [0.1, 0.15) is 0 Å². The molecule has 15 heavy (non-hydrogen) atoms. The molecule has 0 aliphatic heterocycles. The minimum Gasteiger partial charge on any atom is -0.481 e. The summed E-state index contributed by atoms with van der Waals surface area (Å²) in [5.41, 5.74) is 1.72. The van der Waals surface area contributed by atoms with Gasteiger partial charge in [-0.05, 0) is 19.1 Å². The molecule has 0 atom stereocenters. The van der Waals surface area contributed by atoms with Gasteiger partial charge in [0.2, 0.25) is 5.88 Å². The van der Waals surface area contributed by atoms with Gasteiger partial charge in [-0.2, -0.15) is 5.10 Å². The first-order valence-electron chi connectivity index (χ1n) is 4.39. The Morgan fingerprint density at radius 2 is 2.20 bits per heavy atom. The highest BCUT2D eigenvalue weighted by Crippen LogP contribution is 2.18. The summed E-state index contributed by atoms with van der Waals surface area (Å²) in [6.45, 7) is 1.84. The second-order valence-electron chi connectivity index (χ2n) is 3.21. The molecule has 0 bridgehead atoms. The van der Waals surface area contributed by atoms with Crippen LogP contribution in [0.3, 0.4) is 0 Å². The van der Waals surface area contributed by atoms with Gasteiger partial charge in [0.05, 0.1) is 23.9 Å². The summed E-state index contributed by atoms with van der Waals surface area (Å²) in [6, 6.07) is 4.81. The summed E-state index contributed by atoms with van der Waals surface area (Å²) >= 11 is 0. The van der Waals surface area contributed by atoms with Crippen molar-refractivity contribution in [2.24, 2.45) is 0 Å². The average Bonchev–Trinajstić information content (AvgIpc) is 2.56. The third-order valence-electron chi connectivity index (χ3n) is 2.11. The lowest BCUT2D eigenvalue weighted by molar-refractivity contribution is 0.0696. The van der Waals surface area contributed by atoms with Crippen molar-refractivity contribution >= 4 is 11.5 Å². The Hall–Kier alpha value is -2.04. The number of aromatic nitrogens is 2. The zero-order chi connectivity index (χ0) is 11.0. The van der Waals surface area contributed by atoms with Crippen LogP contribution < -0.4 is 4.74 Å². The van der Waals surface area contributed by atoms with Crippen LogP contribution in [0.4, 0.5) is 0 Å². The average molecular weight is 206 g/mol. The first-order chi connectivity index (χ1) is 7.11. The SMILES string of the molecule is COc1cc(C(=O)O)cc2cc(C)nn12. The summed E-state index contributed by atoms with van der Waals surface area (Å²) in [7, 11) is 1.48. The Labute approximate surface area is 85.9 Å². The molecular formula is C10H10N2O3. The van der Waals surface area contributed by atoms with E-state index < -0.39 is 5.97 Å². The quantitative estimate of drug-likeness (QED) is 0.805. The van der Waals surface area contributed by atoms with Gasteiger partial charge in [0.15, 0.2) is 0 Å². The molecule has 0 radical (unpaired) electrons. The van der Waals surface area contributed by atoms with Gasteiger partial charge < -0.3 is 9.84 Å². The van der Waals surface area contributed by atoms with Crippen molar-refractivity contribution in [3.05, 3.63) is 29.5 Å². The van der Waals surface area contributed by atoms with Crippen LogP contribution >= 0.6 is 0 Å². The molecule has 0 aliphatic carbocycles. The molecule has 2 rings (SSSR count). The molecule has 2 aromatic heterocycles. The maximum absolute atomic E-state index is 10.8. The topological polar surface area (TPSA) is 63.8 Å². The van der Waals surface area contributed by atoms with Gasteiger partial charge in [-0.3, -0.25) is 0 Å². The highest BCUT2D eigenvalue weighted by Gasteiger charge is 2.10. The van der Waals surface area contributed by atoms with E-state index in [1.54, 1.807) is 16.6 Å². The summed E-state index contributed by atoms with van der Waals surface area (Å²) < 4.78 is 6.64. The molecule has 0 saturated heterocycles. The number of hydrogen-bond acceptors (Lipinski definition) is 3. The summed E-state index contributed by atoms with van der Waals surface area (Å²) in [6.07, 6.45) is 0. The van der Waals surface area contributed by atoms with Crippen molar-refractivity contribution in [1.82, 2.24) is 9.61 Å². The molecule has 78 valence electrons. The smallest absolute Gasteiger partial charge is 0.335 e. The highest BCUT2D eigenvalue weighted by atomic mass is 16.5. The molecule has 1 N–H and O–H groups in total. The van der Waals surface area contributed by atoms with E-state index in [2.05, 4.69) is 5.10 Å². The van der Waals surface area contributed by atoms with Gasteiger partial charge in [-0.15, -0.1) is 0 Å². The van der Waals surface area contributed by atoms with Crippen LogP contribution in [-0.2, 0) is 0 Å². The first-order valence-corrected chi connectivity index (χ1v) is 4.39. The largest absolute Gasteiger partial charge is 0.481 e. The number of hydrogen-bond donors (Lipinski definition) is 1. The highest BCUT2D eigenvalue weighted by molar-refractivity contribution is 5.89. The number of pyridine rings is 1. The fourth-order valence-electron chi connectivity index (χ4n) is 1.46. The van der Waals surface area contributed by atoms with Crippen LogP contribution in [0, 0.1) is 6.92 Å². The maximum atomic E-state index is 10.8. The lowest BCUT2D eigenvalue weighted by Gasteiger charge is -2.04. The first kappa shape index (κ1) is 9.51. The van der Waals surface area contributed by atoms with E-state index in [0.717, 1.165) is 5.69 Å². The van der Waals surface area contributed by atoms with E-state index in [-0.39, 0.29) is 5.56 Å². The zero-order valence-electron chi connectivity index (χ0n) is 8.39. The molecule has 0 aromatic carbocycles.